The number of hydrogen-bond donors (Lipinski definition) is 2. The van der Waals surface area contributed by atoms with Gasteiger partial charge in [-0.15, -0.1) is 0 Å². The van der Waals surface area contributed by atoms with Crippen LogP contribution in [0.2, 0.25) is 0 Å². The third-order valence-electron chi connectivity index (χ3n) is 4.97. The van der Waals surface area contributed by atoms with Gasteiger partial charge in [0.05, 0.1) is 44.5 Å². The molecule has 6 nitrogen and oxygen atoms in total. The van der Waals surface area contributed by atoms with E-state index >= 15 is 0 Å². The SMILES string of the molecule is C[NH+]1CCN(NC(=O)c2cn(-c3ccccc3)nc2-c2ccc(F)cc2)CC1. The monoisotopic (exact) mass is 380 g/mol. The maximum absolute atomic E-state index is 13.4. The summed E-state index contributed by atoms with van der Waals surface area (Å²) in [5, 5.41) is 6.57. The molecule has 0 bridgehead atoms. The lowest BCUT2D eigenvalue weighted by molar-refractivity contribution is -0.884. The Morgan fingerprint density at radius 3 is 2.43 bits per heavy atom. The Morgan fingerprint density at radius 2 is 1.75 bits per heavy atom. The topological polar surface area (TPSA) is 54.6 Å². The molecule has 0 unspecified atom stereocenters. The van der Waals surface area contributed by atoms with Crippen LogP contribution in [-0.2, 0) is 0 Å². The van der Waals surface area contributed by atoms with Crippen LogP contribution in [-0.4, -0.2) is 53.9 Å². The van der Waals surface area contributed by atoms with Crippen LogP contribution in [0.4, 0.5) is 4.39 Å². The number of quaternary nitrogens is 1. The van der Waals surface area contributed by atoms with E-state index in [0.717, 1.165) is 31.9 Å². The fourth-order valence-corrected chi connectivity index (χ4v) is 3.28. The van der Waals surface area contributed by atoms with Gasteiger partial charge in [-0.2, -0.15) is 5.10 Å². The van der Waals surface area contributed by atoms with Gasteiger partial charge in [0.1, 0.15) is 11.5 Å². The lowest BCUT2D eigenvalue weighted by Gasteiger charge is -2.30. The van der Waals surface area contributed by atoms with Crippen LogP contribution in [0.3, 0.4) is 0 Å². The molecule has 2 heterocycles. The zero-order valence-electron chi connectivity index (χ0n) is 15.7. The first-order valence-electron chi connectivity index (χ1n) is 9.38. The van der Waals surface area contributed by atoms with Crippen molar-refractivity contribution < 1.29 is 14.1 Å². The number of hydrazine groups is 1. The minimum atomic E-state index is -0.322. The van der Waals surface area contributed by atoms with E-state index < -0.39 is 0 Å². The molecule has 1 aromatic heterocycles. The fraction of sp³-hybridized carbons (Fsp3) is 0.238. The molecule has 0 radical (unpaired) electrons. The van der Waals surface area contributed by atoms with E-state index in [-0.39, 0.29) is 11.7 Å². The van der Waals surface area contributed by atoms with Crippen molar-refractivity contribution in [1.82, 2.24) is 20.2 Å². The molecule has 0 atom stereocenters. The molecule has 1 aliphatic rings. The van der Waals surface area contributed by atoms with Crippen molar-refractivity contribution in [3.05, 3.63) is 72.2 Å². The fourth-order valence-electron chi connectivity index (χ4n) is 3.28. The van der Waals surface area contributed by atoms with Crippen LogP contribution in [0, 0.1) is 5.82 Å². The molecule has 0 saturated carbocycles. The van der Waals surface area contributed by atoms with Crippen LogP contribution in [0.25, 0.3) is 16.9 Å². The van der Waals surface area contributed by atoms with Gasteiger partial charge in [0.25, 0.3) is 5.91 Å². The summed E-state index contributed by atoms with van der Waals surface area (Å²) in [5.41, 5.74) is 5.54. The number of nitrogens with one attached hydrogen (secondary N) is 2. The third kappa shape index (κ3) is 3.95. The van der Waals surface area contributed by atoms with Gasteiger partial charge in [0, 0.05) is 11.8 Å². The number of aromatic nitrogens is 2. The first kappa shape index (κ1) is 18.3. The molecule has 7 heteroatoms. The van der Waals surface area contributed by atoms with E-state index in [4.69, 9.17) is 0 Å². The number of halogens is 1. The molecule has 28 heavy (non-hydrogen) atoms. The van der Waals surface area contributed by atoms with Crippen molar-refractivity contribution in [2.75, 3.05) is 33.2 Å². The molecule has 3 aromatic rings. The van der Waals surface area contributed by atoms with Crippen molar-refractivity contribution in [3.8, 4) is 16.9 Å². The number of piperazine rings is 1. The van der Waals surface area contributed by atoms with E-state index in [1.54, 1.807) is 23.0 Å². The van der Waals surface area contributed by atoms with Crippen LogP contribution < -0.4 is 10.3 Å². The Balaban J connectivity index is 1.67. The largest absolute Gasteiger partial charge is 0.335 e. The van der Waals surface area contributed by atoms with Gasteiger partial charge in [-0.1, -0.05) is 18.2 Å². The number of benzene rings is 2. The first-order chi connectivity index (χ1) is 13.6. The molecule has 1 aliphatic heterocycles. The molecular formula is C21H23FN5O+. The van der Waals surface area contributed by atoms with Gasteiger partial charge >= 0.3 is 0 Å². The zero-order valence-corrected chi connectivity index (χ0v) is 15.7. The predicted molar refractivity (Wildman–Crippen MR) is 105 cm³/mol. The predicted octanol–water partition coefficient (Wildman–Crippen LogP) is 1.15. The Hall–Kier alpha value is -3.03. The van der Waals surface area contributed by atoms with E-state index in [0.29, 0.717) is 16.8 Å². The molecule has 0 aliphatic carbocycles. The highest BCUT2D eigenvalue weighted by Crippen LogP contribution is 2.24. The van der Waals surface area contributed by atoms with Crippen LogP contribution in [0.5, 0.6) is 0 Å². The summed E-state index contributed by atoms with van der Waals surface area (Å²) in [6, 6.07) is 15.6. The van der Waals surface area contributed by atoms with Gasteiger partial charge in [0.2, 0.25) is 0 Å². The molecular weight excluding hydrogens is 357 g/mol. The van der Waals surface area contributed by atoms with Gasteiger partial charge in [-0.05, 0) is 36.4 Å². The average molecular weight is 380 g/mol. The summed E-state index contributed by atoms with van der Waals surface area (Å²) >= 11 is 0. The van der Waals surface area contributed by atoms with Crippen LogP contribution in [0.1, 0.15) is 10.4 Å². The number of carbonyl (C=O) groups is 1. The maximum atomic E-state index is 13.4. The number of hydrogen-bond acceptors (Lipinski definition) is 3. The van der Waals surface area contributed by atoms with Crippen molar-refractivity contribution in [3.63, 3.8) is 0 Å². The Kier molecular flexibility index (Phi) is 5.18. The number of carbonyl (C=O) groups excluding carboxylic acids is 1. The Morgan fingerprint density at radius 1 is 1.07 bits per heavy atom. The highest BCUT2D eigenvalue weighted by molar-refractivity contribution is 5.99. The second-order valence-electron chi connectivity index (χ2n) is 7.06. The van der Waals surface area contributed by atoms with Gasteiger partial charge in [-0.3, -0.25) is 10.2 Å². The smallest absolute Gasteiger partial charge is 0.269 e. The highest BCUT2D eigenvalue weighted by atomic mass is 19.1. The number of rotatable bonds is 4. The van der Waals surface area contributed by atoms with Crippen molar-refractivity contribution in [2.24, 2.45) is 0 Å². The van der Waals surface area contributed by atoms with Crippen LogP contribution in [0.15, 0.2) is 60.8 Å². The molecule has 1 amide bonds. The van der Waals surface area contributed by atoms with Gasteiger partial charge < -0.3 is 4.90 Å². The molecule has 2 N–H and O–H groups in total. The third-order valence-corrected chi connectivity index (χ3v) is 4.97. The van der Waals surface area contributed by atoms with E-state index in [9.17, 15) is 9.18 Å². The molecule has 144 valence electrons. The van der Waals surface area contributed by atoms with Gasteiger partial charge in [0.15, 0.2) is 0 Å². The molecule has 0 spiro atoms. The lowest BCUT2D eigenvalue weighted by atomic mass is 10.1. The summed E-state index contributed by atoms with van der Waals surface area (Å²) in [6.45, 7) is 3.56. The number of amides is 1. The van der Waals surface area contributed by atoms with Gasteiger partial charge in [-0.25, -0.2) is 14.1 Å². The lowest BCUT2D eigenvalue weighted by Crippen LogP contribution is -3.12. The van der Waals surface area contributed by atoms with Crippen LogP contribution >= 0.6 is 0 Å². The minimum absolute atomic E-state index is 0.207. The number of nitrogens with zero attached hydrogens (tertiary/aromatic N) is 3. The quantitative estimate of drug-likeness (QED) is 0.714. The maximum Gasteiger partial charge on any atom is 0.269 e. The second kappa shape index (κ2) is 7.92. The summed E-state index contributed by atoms with van der Waals surface area (Å²) < 4.78 is 15.0. The Labute approximate surface area is 163 Å². The molecule has 1 fully saturated rings. The standard InChI is InChI=1S/C21H22FN5O/c1-25-11-13-26(14-12-25)24-21(28)19-15-27(18-5-3-2-4-6-18)23-20(19)16-7-9-17(22)10-8-16/h2-10,15H,11-14H2,1H3,(H,24,28)/p+1. The van der Waals surface area contributed by atoms with Crippen molar-refractivity contribution in [1.29, 1.82) is 0 Å². The Bertz CT molecular complexity index is 947. The van der Waals surface area contributed by atoms with E-state index in [1.165, 1.54) is 17.0 Å². The summed E-state index contributed by atoms with van der Waals surface area (Å²) in [6.07, 6.45) is 1.73. The second-order valence-corrected chi connectivity index (χ2v) is 7.06. The normalized spacial score (nSPS) is 15.5. The van der Waals surface area contributed by atoms with E-state index in [2.05, 4.69) is 17.6 Å². The van der Waals surface area contributed by atoms with Crippen molar-refractivity contribution >= 4 is 5.91 Å². The summed E-state index contributed by atoms with van der Waals surface area (Å²) in [7, 11) is 2.15. The molecule has 2 aromatic carbocycles. The highest BCUT2D eigenvalue weighted by Gasteiger charge is 2.23. The molecule has 4 rings (SSSR count). The van der Waals surface area contributed by atoms with Crippen molar-refractivity contribution in [2.45, 2.75) is 0 Å². The molecule has 1 saturated heterocycles. The summed E-state index contributed by atoms with van der Waals surface area (Å²) in [5.74, 6) is -0.529. The average Bonchev–Trinajstić information content (AvgIpc) is 3.17. The minimum Gasteiger partial charge on any atom is -0.335 e. The zero-order chi connectivity index (χ0) is 19.5. The first-order valence-corrected chi connectivity index (χ1v) is 9.38. The number of likely N-dealkylation sites (N-methyl/N-ethyl adjacent to an activating group) is 1. The summed E-state index contributed by atoms with van der Waals surface area (Å²) in [4.78, 5) is 14.5. The number of para-hydroxylation sites is 1. The van der Waals surface area contributed by atoms with E-state index in [1.807, 2.05) is 35.3 Å².